The van der Waals surface area contributed by atoms with Gasteiger partial charge in [-0.2, -0.15) is 0 Å². The molecule has 0 aliphatic rings. The van der Waals surface area contributed by atoms with E-state index in [0.717, 1.165) is 13.0 Å². The van der Waals surface area contributed by atoms with Gasteiger partial charge in [0.05, 0.1) is 0 Å². The van der Waals surface area contributed by atoms with E-state index in [1.54, 1.807) is 24.3 Å². The lowest BCUT2D eigenvalue weighted by Gasteiger charge is -2.09. The molecule has 0 saturated carbocycles. The molecule has 0 fully saturated rings. The van der Waals surface area contributed by atoms with Crippen LogP contribution in [0.4, 0.5) is 15.9 Å². The fourth-order valence-electron chi connectivity index (χ4n) is 1.89. The Labute approximate surface area is 134 Å². The minimum absolute atomic E-state index is 0.246. The molecule has 0 unspecified atom stereocenters. The fourth-order valence-corrected chi connectivity index (χ4v) is 1.89. The van der Waals surface area contributed by atoms with Gasteiger partial charge in [-0.3, -0.25) is 4.79 Å². The third-order valence-electron chi connectivity index (χ3n) is 3.08. The van der Waals surface area contributed by atoms with Crippen LogP contribution in [0.1, 0.15) is 16.9 Å². The molecule has 1 aromatic carbocycles. The summed E-state index contributed by atoms with van der Waals surface area (Å²) in [5, 5.41) is 13.6. The molecule has 0 radical (unpaired) electrons. The number of rotatable bonds is 7. The smallest absolute Gasteiger partial charge is 0.271 e. The van der Waals surface area contributed by atoms with Crippen molar-refractivity contribution < 1.29 is 9.18 Å². The van der Waals surface area contributed by atoms with E-state index in [1.807, 2.05) is 14.1 Å². The highest BCUT2D eigenvalue weighted by atomic mass is 19.1. The maximum absolute atomic E-state index is 12.8. The summed E-state index contributed by atoms with van der Waals surface area (Å²) < 4.78 is 12.8. The maximum atomic E-state index is 12.8. The summed E-state index contributed by atoms with van der Waals surface area (Å²) in [5.41, 5.74) is 0.959. The molecule has 0 atom stereocenters. The summed E-state index contributed by atoms with van der Waals surface area (Å²) in [6.07, 6.45) is 0.871. The van der Waals surface area contributed by atoms with Gasteiger partial charge in [-0.1, -0.05) is 0 Å². The summed E-state index contributed by atoms with van der Waals surface area (Å²) in [6.45, 7) is 1.50. The Bertz CT molecular complexity index is 628. The molecular formula is C16H20FN5O. The van der Waals surface area contributed by atoms with Gasteiger partial charge in [-0.25, -0.2) is 4.39 Å². The molecule has 0 saturated heterocycles. The summed E-state index contributed by atoms with van der Waals surface area (Å²) in [5.74, 6) is -0.0618. The van der Waals surface area contributed by atoms with Gasteiger partial charge in [0.15, 0.2) is 11.5 Å². The van der Waals surface area contributed by atoms with Gasteiger partial charge in [0.2, 0.25) is 0 Å². The number of hydrogen-bond acceptors (Lipinski definition) is 5. The predicted octanol–water partition coefficient (Wildman–Crippen LogP) is 2.04. The van der Waals surface area contributed by atoms with Crippen LogP contribution in [-0.2, 0) is 0 Å². The van der Waals surface area contributed by atoms with Crippen molar-refractivity contribution in [1.29, 1.82) is 0 Å². The van der Waals surface area contributed by atoms with Crippen molar-refractivity contribution >= 4 is 17.4 Å². The zero-order chi connectivity index (χ0) is 16.7. The first-order valence-corrected chi connectivity index (χ1v) is 7.34. The lowest BCUT2D eigenvalue weighted by atomic mass is 10.3. The highest BCUT2D eigenvalue weighted by Crippen LogP contribution is 2.14. The van der Waals surface area contributed by atoms with Crippen molar-refractivity contribution in [3.63, 3.8) is 0 Å². The van der Waals surface area contributed by atoms with E-state index >= 15 is 0 Å². The van der Waals surface area contributed by atoms with Crippen molar-refractivity contribution in [2.24, 2.45) is 0 Å². The normalized spacial score (nSPS) is 10.6. The van der Waals surface area contributed by atoms with E-state index in [2.05, 4.69) is 25.7 Å². The molecule has 0 spiro atoms. The Hall–Kier alpha value is -2.54. The van der Waals surface area contributed by atoms with Crippen LogP contribution in [-0.4, -0.2) is 48.2 Å². The second-order valence-electron chi connectivity index (χ2n) is 5.35. The number of halogens is 1. The van der Waals surface area contributed by atoms with Gasteiger partial charge in [0.1, 0.15) is 5.82 Å². The number of amides is 1. The molecule has 1 aromatic heterocycles. The third-order valence-corrected chi connectivity index (χ3v) is 3.08. The number of carbonyl (C=O) groups is 1. The van der Waals surface area contributed by atoms with Crippen molar-refractivity contribution in [1.82, 2.24) is 20.4 Å². The van der Waals surface area contributed by atoms with Gasteiger partial charge in [-0.05, 0) is 63.5 Å². The molecule has 0 bridgehead atoms. The quantitative estimate of drug-likeness (QED) is 0.765. The van der Waals surface area contributed by atoms with Crippen molar-refractivity contribution in [3.05, 3.63) is 47.9 Å². The monoisotopic (exact) mass is 317 g/mol. The third kappa shape index (κ3) is 5.63. The lowest BCUT2D eigenvalue weighted by molar-refractivity contribution is 0.0946. The number of carbonyl (C=O) groups excluding carboxylic acids is 1. The lowest BCUT2D eigenvalue weighted by Crippen LogP contribution is -2.28. The van der Waals surface area contributed by atoms with E-state index in [0.29, 0.717) is 18.1 Å². The van der Waals surface area contributed by atoms with E-state index in [-0.39, 0.29) is 17.4 Å². The second-order valence-corrected chi connectivity index (χ2v) is 5.35. The van der Waals surface area contributed by atoms with Gasteiger partial charge in [-0.15, -0.1) is 10.2 Å². The highest BCUT2D eigenvalue weighted by molar-refractivity contribution is 5.92. The summed E-state index contributed by atoms with van der Waals surface area (Å²) in [4.78, 5) is 14.0. The zero-order valence-electron chi connectivity index (χ0n) is 13.2. The molecule has 122 valence electrons. The van der Waals surface area contributed by atoms with E-state index in [9.17, 15) is 9.18 Å². The number of nitrogens with zero attached hydrogens (tertiary/aromatic N) is 3. The molecular weight excluding hydrogens is 297 g/mol. The van der Waals surface area contributed by atoms with Crippen LogP contribution in [0.5, 0.6) is 0 Å². The average molecular weight is 317 g/mol. The molecule has 7 heteroatoms. The molecule has 1 amide bonds. The van der Waals surface area contributed by atoms with E-state index in [1.165, 1.54) is 12.1 Å². The maximum Gasteiger partial charge on any atom is 0.271 e. The molecule has 2 N–H and O–H groups in total. The molecule has 1 heterocycles. The molecule has 23 heavy (non-hydrogen) atoms. The minimum atomic E-state index is -0.303. The van der Waals surface area contributed by atoms with E-state index in [4.69, 9.17) is 0 Å². The Kier molecular flexibility index (Phi) is 5.99. The number of anilines is 2. The fraction of sp³-hybridized carbons (Fsp3) is 0.312. The standard InChI is InChI=1S/C16H20FN5O/c1-22(2)11-3-10-18-16(23)14-8-9-15(21-20-14)19-13-6-4-12(17)5-7-13/h4-9H,3,10-11H2,1-2H3,(H,18,23)(H,19,21). The Balaban J connectivity index is 1.86. The summed E-state index contributed by atoms with van der Waals surface area (Å²) >= 11 is 0. The van der Waals surface area contributed by atoms with Crippen LogP contribution < -0.4 is 10.6 Å². The van der Waals surface area contributed by atoms with Crippen LogP contribution in [0.2, 0.25) is 0 Å². The molecule has 6 nitrogen and oxygen atoms in total. The topological polar surface area (TPSA) is 70.2 Å². The van der Waals surface area contributed by atoms with Crippen LogP contribution in [0.15, 0.2) is 36.4 Å². The van der Waals surface area contributed by atoms with Crippen molar-refractivity contribution in [3.8, 4) is 0 Å². The van der Waals surface area contributed by atoms with Crippen LogP contribution in [0.3, 0.4) is 0 Å². The SMILES string of the molecule is CN(C)CCCNC(=O)c1ccc(Nc2ccc(F)cc2)nn1. The van der Waals surface area contributed by atoms with Crippen LogP contribution in [0, 0.1) is 5.82 Å². The van der Waals surface area contributed by atoms with Gasteiger partial charge in [0.25, 0.3) is 5.91 Å². The molecule has 0 aliphatic heterocycles. The number of hydrogen-bond donors (Lipinski definition) is 2. The Morgan fingerprint density at radius 1 is 1.13 bits per heavy atom. The molecule has 2 rings (SSSR count). The first-order valence-electron chi connectivity index (χ1n) is 7.34. The largest absolute Gasteiger partial charge is 0.351 e. The predicted molar refractivity (Wildman–Crippen MR) is 87.2 cm³/mol. The number of nitrogens with one attached hydrogen (secondary N) is 2. The number of aromatic nitrogens is 2. The van der Waals surface area contributed by atoms with Crippen molar-refractivity contribution in [2.75, 3.05) is 32.5 Å². The summed E-state index contributed by atoms with van der Waals surface area (Å²) in [6, 6.07) is 9.16. The summed E-state index contributed by atoms with van der Waals surface area (Å²) in [7, 11) is 3.97. The first kappa shape index (κ1) is 16.8. The van der Waals surface area contributed by atoms with Gasteiger partial charge < -0.3 is 15.5 Å². The average Bonchev–Trinajstić information content (AvgIpc) is 2.54. The minimum Gasteiger partial charge on any atom is -0.351 e. The number of benzene rings is 1. The zero-order valence-corrected chi connectivity index (χ0v) is 13.2. The first-order chi connectivity index (χ1) is 11.0. The van der Waals surface area contributed by atoms with Gasteiger partial charge >= 0.3 is 0 Å². The molecule has 2 aromatic rings. The van der Waals surface area contributed by atoms with Crippen LogP contribution >= 0.6 is 0 Å². The highest BCUT2D eigenvalue weighted by Gasteiger charge is 2.07. The molecule has 0 aliphatic carbocycles. The Morgan fingerprint density at radius 3 is 2.48 bits per heavy atom. The Morgan fingerprint density at radius 2 is 1.87 bits per heavy atom. The van der Waals surface area contributed by atoms with Crippen molar-refractivity contribution in [2.45, 2.75) is 6.42 Å². The van der Waals surface area contributed by atoms with Crippen LogP contribution in [0.25, 0.3) is 0 Å². The second kappa shape index (κ2) is 8.19. The van der Waals surface area contributed by atoms with E-state index < -0.39 is 0 Å². The van der Waals surface area contributed by atoms with Gasteiger partial charge in [0, 0.05) is 12.2 Å².